The number of rotatable bonds is 3. The highest BCUT2D eigenvalue weighted by atomic mass is 35.5. The molecule has 0 radical (unpaired) electrons. The molecule has 0 fully saturated rings. The van der Waals surface area contributed by atoms with Gasteiger partial charge in [-0.15, -0.1) is 0 Å². The number of aromatic hydroxyl groups is 1. The van der Waals surface area contributed by atoms with Gasteiger partial charge in [-0.3, -0.25) is 4.79 Å². The monoisotopic (exact) mass is 249 g/mol. The predicted molar refractivity (Wildman–Crippen MR) is 53.2 cm³/mol. The molecule has 1 rings (SSSR count). The van der Waals surface area contributed by atoms with Gasteiger partial charge in [-0.1, -0.05) is 11.6 Å². The van der Waals surface area contributed by atoms with Crippen molar-refractivity contribution in [2.75, 3.05) is 0 Å². The summed E-state index contributed by atoms with van der Waals surface area (Å²) in [5.41, 5.74) is 4.34. The van der Waals surface area contributed by atoms with E-state index < -0.39 is 35.2 Å². The van der Waals surface area contributed by atoms with E-state index in [4.69, 9.17) is 22.4 Å². The van der Waals surface area contributed by atoms with Crippen LogP contribution >= 0.6 is 11.6 Å². The zero-order valence-electron chi connectivity index (χ0n) is 7.89. The zero-order valence-corrected chi connectivity index (χ0v) is 8.65. The summed E-state index contributed by atoms with van der Waals surface area (Å²) in [5, 5.41) is 27.8. The van der Waals surface area contributed by atoms with Gasteiger partial charge in [0, 0.05) is 10.6 Å². The van der Waals surface area contributed by atoms with E-state index in [9.17, 15) is 19.4 Å². The summed E-state index contributed by atoms with van der Waals surface area (Å²) in [4.78, 5) is 10.6. The lowest BCUT2D eigenvalue weighted by Crippen LogP contribution is -2.33. The van der Waals surface area contributed by atoms with Crippen LogP contribution in [0, 0.1) is 5.82 Å². The van der Waals surface area contributed by atoms with E-state index in [0.717, 1.165) is 12.1 Å². The first-order chi connectivity index (χ1) is 7.34. The minimum Gasteiger partial charge on any atom is -0.505 e. The number of primary amides is 1. The maximum Gasteiger partial charge on any atom is 0.249 e. The van der Waals surface area contributed by atoms with Gasteiger partial charge >= 0.3 is 0 Å². The number of phenols is 1. The number of benzene rings is 1. The summed E-state index contributed by atoms with van der Waals surface area (Å²) in [5.74, 6) is -3.16. The molecule has 2 unspecified atom stereocenters. The molecule has 1 aromatic carbocycles. The van der Waals surface area contributed by atoms with Gasteiger partial charge in [0.15, 0.2) is 17.7 Å². The number of hydrogen-bond acceptors (Lipinski definition) is 4. The molecule has 0 aliphatic heterocycles. The maximum absolute atomic E-state index is 13.0. The average Bonchev–Trinajstić information content (AvgIpc) is 2.21. The number of carbonyl (C=O) groups excluding carboxylic acids is 1. The van der Waals surface area contributed by atoms with Crippen LogP contribution in [0.3, 0.4) is 0 Å². The second-order valence-electron chi connectivity index (χ2n) is 3.12. The van der Waals surface area contributed by atoms with Gasteiger partial charge in [0.05, 0.1) is 0 Å². The smallest absolute Gasteiger partial charge is 0.249 e. The van der Waals surface area contributed by atoms with E-state index in [2.05, 4.69) is 0 Å². The van der Waals surface area contributed by atoms with Crippen molar-refractivity contribution in [2.45, 2.75) is 12.2 Å². The van der Waals surface area contributed by atoms with Crippen LogP contribution in [0.15, 0.2) is 12.1 Å². The molecule has 2 atom stereocenters. The third-order valence-electron chi connectivity index (χ3n) is 1.97. The van der Waals surface area contributed by atoms with Crippen molar-refractivity contribution in [1.82, 2.24) is 0 Å². The molecule has 0 spiro atoms. The number of aliphatic hydroxyl groups excluding tert-OH is 2. The molecule has 1 amide bonds. The summed E-state index contributed by atoms with van der Waals surface area (Å²) in [7, 11) is 0. The van der Waals surface area contributed by atoms with E-state index in [1.807, 2.05) is 0 Å². The fourth-order valence-corrected chi connectivity index (χ4v) is 1.35. The largest absolute Gasteiger partial charge is 0.505 e. The van der Waals surface area contributed by atoms with Gasteiger partial charge in [-0.05, 0) is 12.1 Å². The molecule has 0 heterocycles. The van der Waals surface area contributed by atoms with Gasteiger partial charge < -0.3 is 21.1 Å². The van der Waals surface area contributed by atoms with Crippen LogP contribution < -0.4 is 5.73 Å². The van der Waals surface area contributed by atoms with Crippen LogP contribution in [0.2, 0.25) is 5.02 Å². The van der Waals surface area contributed by atoms with Gasteiger partial charge in [-0.25, -0.2) is 4.39 Å². The van der Waals surface area contributed by atoms with Gasteiger partial charge in [0.25, 0.3) is 0 Å². The molecule has 5 N–H and O–H groups in total. The van der Waals surface area contributed by atoms with Crippen molar-refractivity contribution in [1.29, 1.82) is 0 Å². The fraction of sp³-hybridized carbons (Fsp3) is 0.222. The molecule has 16 heavy (non-hydrogen) atoms. The summed E-state index contributed by atoms with van der Waals surface area (Å²) in [6.07, 6.45) is -3.80. The second kappa shape index (κ2) is 4.65. The first kappa shape index (κ1) is 12.7. The van der Waals surface area contributed by atoms with E-state index >= 15 is 0 Å². The van der Waals surface area contributed by atoms with Crippen molar-refractivity contribution >= 4 is 17.5 Å². The molecule has 1 aromatic rings. The minimum absolute atomic E-state index is 0.0963. The molecular weight excluding hydrogens is 241 g/mol. The number of amides is 1. The Bertz CT molecular complexity index is 426. The number of hydrogen-bond donors (Lipinski definition) is 4. The molecule has 0 saturated heterocycles. The van der Waals surface area contributed by atoms with Gasteiger partial charge in [-0.2, -0.15) is 0 Å². The Hall–Kier alpha value is -1.37. The van der Waals surface area contributed by atoms with Crippen molar-refractivity contribution in [2.24, 2.45) is 5.73 Å². The number of carbonyl (C=O) groups is 1. The van der Waals surface area contributed by atoms with Crippen LogP contribution in [-0.2, 0) is 4.79 Å². The number of phenolic OH excluding ortho intramolecular Hbond substituents is 1. The third kappa shape index (κ3) is 2.41. The highest BCUT2D eigenvalue weighted by molar-refractivity contribution is 6.30. The second-order valence-corrected chi connectivity index (χ2v) is 3.55. The molecular formula is C9H9ClFNO4. The standard InChI is InChI=1S/C9H9ClFNO4/c10-3-1-4(6(13)5(11)2-3)7(14)8(15)9(12)16/h1-2,7-8,13-15H,(H2,12,16). The third-order valence-corrected chi connectivity index (χ3v) is 2.19. The van der Waals surface area contributed by atoms with Crippen LogP contribution in [0.1, 0.15) is 11.7 Å². The van der Waals surface area contributed by atoms with Crippen LogP contribution in [0.5, 0.6) is 5.75 Å². The Kier molecular flexibility index (Phi) is 3.69. The summed E-state index contributed by atoms with van der Waals surface area (Å²) in [6.45, 7) is 0. The first-order valence-corrected chi connectivity index (χ1v) is 4.55. The first-order valence-electron chi connectivity index (χ1n) is 4.18. The SMILES string of the molecule is NC(=O)C(O)C(O)c1cc(Cl)cc(F)c1O. The maximum atomic E-state index is 13.0. The molecule has 5 nitrogen and oxygen atoms in total. The lowest BCUT2D eigenvalue weighted by atomic mass is 10.0. The summed E-state index contributed by atoms with van der Waals surface area (Å²) >= 11 is 5.49. The Morgan fingerprint density at radius 3 is 2.50 bits per heavy atom. The summed E-state index contributed by atoms with van der Waals surface area (Å²) in [6, 6.07) is 1.85. The highest BCUT2D eigenvalue weighted by Crippen LogP contribution is 2.31. The Morgan fingerprint density at radius 1 is 1.44 bits per heavy atom. The van der Waals surface area contributed by atoms with Crippen molar-refractivity contribution in [3.63, 3.8) is 0 Å². The quantitative estimate of drug-likeness (QED) is 0.608. The number of nitrogens with two attached hydrogens (primary N) is 1. The van der Waals surface area contributed by atoms with E-state index in [1.54, 1.807) is 0 Å². The Labute approximate surface area is 94.9 Å². The van der Waals surface area contributed by atoms with Crippen molar-refractivity contribution in [3.05, 3.63) is 28.5 Å². The lowest BCUT2D eigenvalue weighted by molar-refractivity contribution is -0.132. The normalized spacial score (nSPS) is 14.5. The fourth-order valence-electron chi connectivity index (χ4n) is 1.14. The highest BCUT2D eigenvalue weighted by Gasteiger charge is 2.27. The average molecular weight is 250 g/mol. The lowest BCUT2D eigenvalue weighted by Gasteiger charge is -2.16. The van der Waals surface area contributed by atoms with Crippen LogP contribution in [-0.4, -0.2) is 27.3 Å². The zero-order chi connectivity index (χ0) is 12.5. The Morgan fingerprint density at radius 2 is 2.00 bits per heavy atom. The van der Waals surface area contributed by atoms with Gasteiger partial charge in [0.2, 0.25) is 5.91 Å². The van der Waals surface area contributed by atoms with Crippen molar-refractivity contribution in [3.8, 4) is 5.75 Å². The van der Waals surface area contributed by atoms with Crippen LogP contribution in [0.4, 0.5) is 4.39 Å². The minimum atomic E-state index is -1.95. The Balaban J connectivity index is 3.17. The summed E-state index contributed by atoms with van der Waals surface area (Å²) < 4.78 is 13.0. The number of halogens is 2. The molecule has 0 bridgehead atoms. The number of aliphatic hydroxyl groups is 2. The predicted octanol–water partition coefficient (Wildman–Crippen LogP) is 0.0643. The van der Waals surface area contributed by atoms with E-state index in [0.29, 0.717) is 0 Å². The van der Waals surface area contributed by atoms with E-state index in [-0.39, 0.29) is 5.02 Å². The van der Waals surface area contributed by atoms with Crippen molar-refractivity contribution < 1.29 is 24.5 Å². The van der Waals surface area contributed by atoms with Crippen LogP contribution in [0.25, 0.3) is 0 Å². The molecule has 7 heteroatoms. The molecule has 0 saturated carbocycles. The molecule has 88 valence electrons. The molecule has 0 aliphatic rings. The van der Waals surface area contributed by atoms with E-state index in [1.165, 1.54) is 0 Å². The topological polar surface area (TPSA) is 104 Å². The van der Waals surface area contributed by atoms with Gasteiger partial charge in [0.1, 0.15) is 6.10 Å². The molecule has 0 aliphatic carbocycles. The molecule has 0 aromatic heterocycles.